The van der Waals surface area contributed by atoms with E-state index in [0.717, 1.165) is 5.56 Å². The normalized spacial score (nSPS) is 10.4. The Morgan fingerprint density at radius 2 is 1.80 bits per heavy atom. The Morgan fingerprint density at radius 3 is 2.20 bits per heavy atom. The highest BCUT2D eigenvalue weighted by Gasteiger charge is 1.99. The van der Waals surface area contributed by atoms with E-state index in [0.29, 0.717) is 11.1 Å². The molecule has 1 radical (unpaired) electrons. The molecule has 0 atom stereocenters. The molecule has 0 saturated carbocycles. The van der Waals surface area contributed by atoms with Gasteiger partial charge in [-0.1, -0.05) is 23.7 Å². The second-order valence-electron chi connectivity index (χ2n) is 2.09. The highest BCUT2D eigenvalue weighted by atomic mass is 35.5. The van der Waals surface area contributed by atoms with E-state index < -0.39 is 0 Å². The predicted molar refractivity (Wildman–Crippen MR) is 41.4 cm³/mol. The van der Waals surface area contributed by atoms with Crippen LogP contribution in [0.1, 0.15) is 12.5 Å². The van der Waals surface area contributed by atoms with Crippen LogP contribution >= 0.6 is 11.6 Å². The second-order valence-corrected chi connectivity index (χ2v) is 2.53. The van der Waals surface area contributed by atoms with E-state index in [-0.39, 0.29) is 0 Å². The van der Waals surface area contributed by atoms with Crippen molar-refractivity contribution in [1.82, 2.24) is 0 Å². The number of aliphatic hydroxyl groups is 1. The van der Waals surface area contributed by atoms with Crippen molar-refractivity contribution in [3.63, 3.8) is 0 Å². The summed E-state index contributed by atoms with van der Waals surface area (Å²) in [5, 5.41) is 9.67. The number of hydrogen-bond donors (Lipinski definition) is 1. The fraction of sp³-hybridized carbons (Fsp3) is 0.125. The van der Waals surface area contributed by atoms with Crippen molar-refractivity contribution >= 4 is 11.6 Å². The average Bonchev–Trinajstić information content (AvgIpc) is 1.88. The van der Waals surface area contributed by atoms with Crippen molar-refractivity contribution < 1.29 is 5.11 Å². The minimum absolute atomic E-state index is 0.316. The topological polar surface area (TPSA) is 20.2 Å². The second kappa shape index (κ2) is 3.04. The average molecular weight is 156 g/mol. The van der Waals surface area contributed by atoms with Gasteiger partial charge in [-0.3, -0.25) is 0 Å². The highest BCUT2D eigenvalue weighted by molar-refractivity contribution is 6.30. The zero-order valence-corrected chi connectivity index (χ0v) is 6.39. The van der Waals surface area contributed by atoms with Gasteiger partial charge in [-0.05, 0) is 24.6 Å². The number of rotatable bonds is 1. The Balaban J connectivity index is 2.89. The molecule has 1 N–H and O–H groups in total. The Bertz CT molecular complexity index is 203. The molecule has 1 nitrogen and oxygen atoms in total. The van der Waals surface area contributed by atoms with Crippen LogP contribution in [0.15, 0.2) is 24.3 Å². The minimum Gasteiger partial charge on any atom is -0.382 e. The van der Waals surface area contributed by atoms with Crippen LogP contribution < -0.4 is 0 Å². The van der Waals surface area contributed by atoms with Gasteiger partial charge in [0.2, 0.25) is 0 Å². The quantitative estimate of drug-likeness (QED) is 0.661. The van der Waals surface area contributed by atoms with Crippen LogP contribution in [0.3, 0.4) is 0 Å². The molecule has 0 aliphatic carbocycles. The zero-order valence-electron chi connectivity index (χ0n) is 5.63. The number of benzene rings is 1. The lowest BCUT2D eigenvalue weighted by atomic mass is 10.1. The number of halogens is 1. The Hall–Kier alpha value is -0.530. The summed E-state index contributed by atoms with van der Waals surface area (Å²) in [5.74, 6) is 0. The van der Waals surface area contributed by atoms with E-state index in [2.05, 4.69) is 0 Å². The first kappa shape index (κ1) is 7.58. The van der Waals surface area contributed by atoms with E-state index >= 15 is 0 Å². The molecule has 2 heteroatoms. The summed E-state index contributed by atoms with van der Waals surface area (Å²) >= 11 is 5.63. The maximum Gasteiger partial charge on any atom is 0.119 e. The molecule has 1 aromatic carbocycles. The first-order valence-corrected chi connectivity index (χ1v) is 3.36. The molecule has 0 fully saturated rings. The van der Waals surface area contributed by atoms with Crippen molar-refractivity contribution in [2.75, 3.05) is 0 Å². The molecule has 0 bridgehead atoms. The fourth-order valence-corrected chi connectivity index (χ4v) is 0.817. The first-order valence-electron chi connectivity index (χ1n) is 2.98. The van der Waals surface area contributed by atoms with Gasteiger partial charge in [0.15, 0.2) is 0 Å². The lowest BCUT2D eigenvalue weighted by molar-refractivity contribution is 0.341. The Kier molecular flexibility index (Phi) is 2.30. The maximum atomic E-state index is 8.99. The molecule has 0 amide bonds. The fourth-order valence-electron chi connectivity index (χ4n) is 0.691. The van der Waals surface area contributed by atoms with Crippen LogP contribution in [-0.2, 0) is 0 Å². The van der Waals surface area contributed by atoms with Gasteiger partial charge in [0, 0.05) is 5.02 Å². The van der Waals surface area contributed by atoms with Crippen LogP contribution in [0.5, 0.6) is 0 Å². The number of aliphatic hydroxyl groups excluding tert-OH is 1. The molecule has 0 heterocycles. The van der Waals surface area contributed by atoms with E-state index in [1.165, 1.54) is 0 Å². The van der Waals surface area contributed by atoms with E-state index in [9.17, 15) is 0 Å². The zero-order chi connectivity index (χ0) is 7.56. The molecular weight excluding hydrogens is 148 g/mol. The van der Waals surface area contributed by atoms with Gasteiger partial charge in [0.1, 0.15) is 6.10 Å². The molecule has 0 aliphatic rings. The van der Waals surface area contributed by atoms with Crippen LogP contribution in [0.2, 0.25) is 5.02 Å². The lowest BCUT2D eigenvalue weighted by Crippen LogP contribution is -1.89. The summed E-state index contributed by atoms with van der Waals surface area (Å²) in [7, 11) is 0. The maximum absolute atomic E-state index is 8.99. The summed E-state index contributed by atoms with van der Waals surface area (Å²) in [6, 6.07) is 7.04. The molecule has 1 aromatic rings. The third-order valence-corrected chi connectivity index (χ3v) is 1.51. The van der Waals surface area contributed by atoms with Crippen LogP contribution in [0.4, 0.5) is 0 Å². The summed E-state index contributed by atoms with van der Waals surface area (Å²) in [4.78, 5) is 0. The van der Waals surface area contributed by atoms with Crippen molar-refractivity contribution in [3.8, 4) is 0 Å². The van der Waals surface area contributed by atoms with Crippen LogP contribution in [0.25, 0.3) is 0 Å². The third kappa shape index (κ3) is 1.72. The molecule has 0 unspecified atom stereocenters. The van der Waals surface area contributed by atoms with Gasteiger partial charge < -0.3 is 5.11 Å². The molecule has 0 aliphatic heterocycles. The third-order valence-electron chi connectivity index (χ3n) is 1.26. The minimum atomic E-state index is 0.316. The molecule has 0 aromatic heterocycles. The highest BCUT2D eigenvalue weighted by Crippen LogP contribution is 2.14. The smallest absolute Gasteiger partial charge is 0.119 e. The van der Waals surface area contributed by atoms with Gasteiger partial charge in [0.05, 0.1) is 0 Å². The molecule has 53 valence electrons. The van der Waals surface area contributed by atoms with Crippen LogP contribution in [0, 0.1) is 6.10 Å². The van der Waals surface area contributed by atoms with E-state index in [1.54, 1.807) is 31.2 Å². The standard InChI is InChI=1S/C8H8ClO/c1-6(10)7-2-4-8(9)5-3-7/h2-5,10H,1H3. The summed E-state index contributed by atoms with van der Waals surface area (Å²) in [6.07, 6.45) is 0.316. The SMILES string of the molecule is C[C](O)c1ccc(Cl)cc1. The van der Waals surface area contributed by atoms with Crippen molar-refractivity contribution in [2.45, 2.75) is 6.92 Å². The summed E-state index contributed by atoms with van der Waals surface area (Å²) in [6.45, 7) is 1.64. The Labute approximate surface area is 65.3 Å². The van der Waals surface area contributed by atoms with Crippen molar-refractivity contribution in [2.24, 2.45) is 0 Å². The van der Waals surface area contributed by atoms with Crippen molar-refractivity contribution in [1.29, 1.82) is 0 Å². The molecule has 0 spiro atoms. The van der Waals surface area contributed by atoms with Gasteiger partial charge in [0.25, 0.3) is 0 Å². The van der Waals surface area contributed by atoms with Gasteiger partial charge in [-0.25, -0.2) is 0 Å². The summed E-state index contributed by atoms with van der Waals surface area (Å²) < 4.78 is 0. The monoisotopic (exact) mass is 155 g/mol. The van der Waals surface area contributed by atoms with Gasteiger partial charge in [-0.15, -0.1) is 0 Å². The largest absolute Gasteiger partial charge is 0.382 e. The Morgan fingerprint density at radius 1 is 1.30 bits per heavy atom. The molecule has 1 rings (SSSR count). The molecule has 10 heavy (non-hydrogen) atoms. The lowest BCUT2D eigenvalue weighted by Gasteiger charge is -2.00. The first-order chi connectivity index (χ1) is 4.70. The van der Waals surface area contributed by atoms with Crippen molar-refractivity contribution in [3.05, 3.63) is 41.0 Å². The molecular formula is C8H8ClO. The number of hydrogen-bond acceptors (Lipinski definition) is 1. The van der Waals surface area contributed by atoms with E-state index in [1.807, 2.05) is 0 Å². The predicted octanol–water partition coefficient (Wildman–Crippen LogP) is 2.61. The van der Waals surface area contributed by atoms with Gasteiger partial charge in [-0.2, -0.15) is 0 Å². The van der Waals surface area contributed by atoms with E-state index in [4.69, 9.17) is 16.7 Å². The summed E-state index contributed by atoms with van der Waals surface area (Å²) in [5.41, 5.74) is 0.810. The van der Waals surface area contributed by atoms with Crippen LogP contribution in [-0.4, -0.2) is 5.11 Å². The molecule has 0 saturated heterocycles. The van der Waals surface area contributed by atoms with Gasteiger partial charge >= 0.3 is 0 Å².